The molecule has 0 aromatic carbocycles. The molecule has 0 aliphatic heterocycles. The summed E-state index contributed by atoms with van der Waals surface area (Å²) in [5.74, 6) is 0.290. The lowest BCUT2D eigenvalue weighted by molar-refractivity contribution is 0.0943. The molecule has 0 bridgehead atoms. The van der Waals surface area contributed by atoms with Crippen molar-refractivity contribution in [3.05, 3.63) is 10.6 Å². The van der Waals surface area contributed by atoms with E-state index in [1.807, 2.05) is 6.92 Å². The van der Waals surface area contributed by atoms with Crippen LogP contribution >= 0.6 is 23.1 Å². The Bertz CT molecular complexity index is 311. The van der Waals surface area contributed by atoms with Gasteiger partial charge < -0.3 is 5.32 Å². The quantitative estimate of drug-likeness (QED) is 0.804. The van der Waals surface area contributed by atoms with Gasteiger partial charge in [-0.3, -0.25) is 4.79 Å². The van der Waals surface area contributed by atoms with Crippen LogP contribution in [-0.4, -0.2) is 27.4 Å². The van der Waals surface area contributed by atoms with Crippen molar-refractivity contribution in [1.82, 2.24) is 14.9 Å². The lowest BCUT2D eigenvalue weighted by Crippen LogP contribution is -2.35. The largest absolute Gasteiger partial charge is 0.347 e. The minimum Gasteiger partial charge on any atom is -0.347 e. The van der Waals surface area contributed by atoms with Crippen LogP contribution in [0.4, 0.5) is 0 Å². The average Bonchev–Trinajstić information content (AvgIpc) is 2.60. The molecule has 6 heteroatoms. The summed E-state index contributed by atoms with van der Waals surface area (Å²) in [5.41, 5.74) is 0.664. The first-order chi connectivity index (χ1) is 6.69. The molecule has 1 heterocycles. The van der Waals surface area contributed by atoms with Crippen molar-refractivity contribution in [3.8, 4) is 0 Å². The first-order valence-corrected chi connectivity index (χ1v) is 5.65. The number of halogens is 1. The standard InChI is InChI=1S/C8H12ClN3OS/c1-3-6(4-9)10-8(13)7-5(2)11-12-14-7/h6H,3-4H2,1-2H3,(H,10,13). The molecule has 1 atom stereocenters. The van der Waals surface area contributed by atoms with E-state index in [0.29, 0.717) is 16.5 Å². The molecular weight excluding hydrogens is 222 g/mol. The van der Waals surface area contributed by atoms with Gasteiger partial charge in [0.05, 0.1) is 5.69 Å². The van der Waals surface area contributed by atoms with Crippen LogP contribution in [0.25, 0.3) is 0 Å². The fourth-order valence-electron chi connectivity index (χ4n) is 0.940. The van der Waals surface area contributed by atoms with Gasteiger partial charge in [-0.25, -0.2) is 0 Å². The molecule has 4 nitrogen and oxygen atoms in total. The summed E-state index contributed by atoms with van der Waals surface area (Å²) in [6.07, 6.45) is 0.820. The second-order valence-corrected chi connectivity index (χ2v) is 3.98. The Balaban J connectivity index is 2.63. The van der Waals surface area contributed by atoms with Gasteiger partial charge in [-0.05, 0) is 24.9 Å². The molecule has 0 aliphatic rings. The smallest absolute Gasteiger partial charge is 0.265 e. The summed E-state index contributed by atoms with van der Waals surface area (Å²) in [6.45, 7) is 3.74. The lowest BCUT2D eigenvalue weighted by atomic mass is 10.2. The van der Waals surface area contributed by atoms with Gasteiger partial charge in [0, 0.05) is 11.9 Å². The van der Waals surface area contributed by atoms with E-state index in [1.165, 1.54) is 0 Å². The normalized spacial score (nSPS) is 12.5. The monoisotopic (exact) mass is 233 g/mol. The first kappa shape index (κ1) is 11.4. The van der Waals surface area contributed by atoms with Gasteiger partial charge in [-0.1, -0.05) is 11.4 Å². The van der Waals surface area contributed by atoms with Crippen LogP contribution in [0, 0.1) is 6.92 Å². The Morgan fingerprint density at radius 2 is 2.43 bits per heavy atom. The molecule has 0 radical (unpaired) electrons. The number of alkyl halides is 1. The van der Waals surface area contributed by atoms with E-state index in [2.05, 4.69) is 14.9 Å². The van der Waals surface area contributed by atoms with E-state index in [9.17, 15) is 4.79 Å². The third-order valence-corrected chi connectivity index (χ3v) is 3.07. The van der Waals surface area contributed by atoms with Crippen LogP contribution in [0.3, 0.4) is 0 Å². The summed E-state index contributed by atoms with van der Waals surface area (Å²) in [4.78, 5) is 12.2. The number of carbonyl (C=O) groups excluding carboxylic acids is 1. The third kappa shape index (κ3) is 2.65. The van der Waals surface area contributed by atoms with Gasteiger partial charge in [0.25, 0.3) is 5.91 Å². The predicted octanol–water partition coefficient (Wildman–Crippen LogP) is 1.59. The Hall–Kier alpha value is -0.680. The number of aromatic nitrogens is 2. The van der Waals surface area contributed by atoms with E-state index >= 15 is 0 Å². The van der Waals surface area contributed by atoms with Crippen LogP contribution < -0.4 is 5.32 Å². The number of hydrogen-bond acceptors (Lipinski definition) is 4. The topological polar surface area (TPSA) is 54.9 Å². The molecule has 1 amide bonds. The second-order valence-electron chi connectivity index (χ2n) is 2.92. The molecule has 14 heavy (non-hydrogen) atoms. The number of amides is 1. The number of nitrogens with one attached hydrogen (secondary N) is 1. The molecule has 1 aromatic rings. The summed E-state index contributed by atoms with van der Waals surface area (Å²) >= 11 is 6.77. The Kier molecular flexibility index (Phi) is 4.28. The number of nitrogens with zero attached hydrogens (tertiary/aromatic N) is 2. The fraction of sp³-hybridized carbons (Fsp3) is 0.625. The SMILES string of the molecule is CCC(CCl)NC(=O)c1snnc1C. The molecule has 0 saturated carbocycles. The van der Waals surface area contributed by atoms with E-state index in [-0.39, 0.29) is 11.9 Å². The van der Waals surface area contributed by atoms with E-state index in [4.69, 9.17) is 11.6 Å². The Labute approximate surface area is 91.8 Å². The maximum atomic E-state index is 11.6. The molecule has 0 aliphatic carbocycles. The van der Waals surface area contributed by atoms with Crippen molar-refractivity contribution in [2.75, 3.05) is 5.88 Å². The van der Waals surface area contributed by atoms with Crippen molar-refractivity contribution < 1.29 is 4.79 Å². The molecule has 1 unspecified atom stereocenters. The molecule has 0 spiro atoms. The van der Waals surface area contributed by atoms with Crippen LogP contribution in [0.15, 0.2) is 0 Å². The summed E-state index contributed by atoms with van der Waals surface area (Å²) in [5, 5.41) is 6.59. The number of aryl methyl sites for hydroxylation is 1. The van der Waals surface area contributed by atoms with Crippen LogP contribution in [0.2, 0.25) is 0 Å². The van der Waals surface area contributed by atoms with Crippen molar-refractivity contribution in [2.24, 2.45) is 0 Å². The highest BCUT2D eigenvalue weighted by Crippen LogP contribution is 2.09. The van der Waals surface area contributed by atoms with E-state index < -0.39 is 0 Å². The Morgan fingerprint density at radius 1 is 1.71 bits per heavy atom. The van der Waals surface area contributed by atoms with E-state index in [1.54, 1.807) is 6.92 Å². The average molecular weight is 234 g/mol. The predicted molar refractivity (Wildman–Crippen MR) is 56.9 cm³/mol. The minimum atomic E-state index is -0.134. The summed E-state index contributed by atoms with van der Waals surface area (Å²) < 4.78 is 3.70. The molecule has 1 aromatic heterocycles. The molecule has 78 valence electrons. The summed E-state index contributed by atoms with van der Waals surface area (Å²) in [7, 11) is 0. The zero-order chi connectivity index (χ0) is 10.6. The van der Waals surface area contributed by atoms with Gasteiger partial charge in [-0.2, -0.15) is 0 Å². The van der Waals surface area contributed by atoms with Gasteiger partial charge in [0.15, 0.2) is 0 Å². The van der Waals surface area contributed by atoms with Crippen LogP contribution in [0.5, 0.6) is 0 Å². The zero-order valence-corrected chi connectivity index (χ0v) is 9.65. The maximum Gasteiger partial charge on any atom is 0.265 e. The van der Waals surface area contributed by atoms with Crippen molar-refractivity contribution in [1.29, 1.82) is 0 Å². The Morgan fingerprint density at radius 3 is 2.86 bits per heavy atom. The third-order valence-electron chi connectivity index (χ3n) is 1.87. The summed E-state index contributed by atoms with van der Waals surface area (Å²) in [6, 6.07) is 0.0191. The molecule has 1 rings (SSSR count). The van der Waals surface area contributed by atoms with Gasteiger partial charge >= 0.3 is 0 Å². The van der Waals surface area contributed by atoms with Crippen molar-refractivity contribution >= 4 is 29.0 Å². The molecular formula is C8H12ClN3OS. The molecule has 0 saturated heterocycles. The highest BCUT2D eigenvalue weighted by molar-refractivity contribution is 7.08. The highest BCUT2D eigenvalue weighted by Gasteiger charge is 2.15. The maximum absolute atomic E-state index is 11.6. The van der Waals surface area contributed by atoms with Gasteiger partial charge in [0.1, 0.15) is 4.88 Å². The zero-order valence-electron chi connectivity index (χ0n) is 8.08. The molecule has 1 N–H and O–H groups in total. The van der Waals surface area contributed by atoms with E-state index in [0.717, 1.165) is 18.0 Å². The number of rotatable bonds is 4. The first-order valence-electron chi connectivity index (χ1n) is 4.34. The van der Waals surface area contributed by atoms with Crippen molar-refractivity contribution in [3.63, 3.8) is 0 Å². The highest BCUT2D eigenvalue weighted by atomic mass is 35.5. The number of carbonyl (C=O) groups is 1. The van der Waals surface area contributed by atoms with Gasteiger partial charge in [0.2, 0.25) is 0 Å². The fourth-order valence-corrected chi connectivity index (χ4v) is 1.80. The molecule has 0 fully saturated rings. The van der Waals surface area contributed by atoms with Gasteiger partial charge in [-0.15, -0.1) is 16.7 Å². The minimum absolute atomic E-state index is 0.0191. The second kappa shape index (κ2) is 5.26. The van der Waals surface area contributed by atoms with Crippen LogP contribution in [-0.2, 0) is 0 Å². The van der Waals surface area contributed by atoms with Crippen LogP contribution in [0.1, 0.15) is 28.7 Å². The van der Waals surface area contributed by atoms with Crippen molar-refractivity contribution in [2.45, 2.75) is 26.3 Å². The number of hydrogen-bond donors (Lipinski definition) is 1. The lowest BCUT2D eigenvalue weighted by Gasteiger charge is -2.12.